The van der Waals surface area contributed by atoms with Gasteiger partial charge in [0.05, 0.1) is 18.9 Å². The van der Waals surface area contributed by atoms with Crippen LogP contribution in [-0.2, 0) is 0 Å². The first-order chi connectivity index (χ1) is 9.69. The van der Waals surface area contributed by atoms with Gasteiger partial charge < -0.3 is 16.2 Å². The zero-order valence-electron chi connectivity index (χ0n) is 10.7. The average Bonchev–Trinajstić information content (AvgIpc) is 2.46. The molecule has 2 aromatic heterocycles. The zero-order chi connectivity index (χ0) is 14.1. The molecule has 7 nitrogen and oxygen atoms in total. The first-order valence-corrected chi connectivity index (χ1v) is 5.86. The van der Waals surface area contributed by atoms with E-state index in [4.69, 9.17) is 16.2 Å². The van der Waals surface area contributed by atoms with E-state index in [1.807, 2.05) is 0 Å². The van der Waals surface area contributed by atoms with Gasteiger partial charge in [-0.1, -0.05) is 0 Å². The van der Waals surface area contributed by atoms with E-state index in [1.54, 1.807) is 37.8 Å². The number of anilines is 2. The van der Waals surface area contributed by atoms with Crippen LogP contribution in [0.15, 0.2) is 30.7 Å². The summed E-state index contributed by atoms with van der Waals surface area (Å²) in [5.74, 6) is 0.943. The van der Waals surface area contributed by atoms with Crippen LogP contribution >= 0.6 is 0 Å². The van der Waals surface area contributed by atoms with Crippen molar-refractivity contribution in [3.05, 3.63) is 30.7 Å². The summed E-state index contributed by atoms with van der Waals surface area (Å²) < 4.78 is 5.30. The van der Waals surface area contributed by atoms with E-state index < -0.39 is 0 Å². The molecule has 0 atom stereocenters. The van der Waals surface area contributed by atoms with Crippen LogP contribution in [0.4, 0.5) is 11.4 Å². The quantitative estimate of drug-likeness (QED) is 0.672. The molecule has 1 aromatic carbocycles. The predicted molar refractivity (Wildman–Crippen MR) is 75.9 cm³/mol. The van der Waals surface area contributed by atoms with Gasteiger partial charge in [-0.3, -0.25) is 0 Å². The summed E-state index contributed by atoms with van der Waals surface area (Å²) in [6.45, 7) is 0. The third kappa shape index (κ3) is 1.95. The number of hydrogen-bond acceptors (Lipinski definition) is 7. The van der Waals surface area contributed by atoms with Crippen LogP contribution in [0.25, 0.3) is 22.6 Å². The van der Waals surface area contributed by atoms with Crippen LogP contribution < -0.4 is 16.2 Å². The highest BCUT2D eigenvalue weighted by atomic mass is 16.5. The molecular weight excluding hydrogens is 256 g/mol. The van der Waals surface area contributed by atoms with Gasteiger partial charge in [-0.15, -0.1) is 0 Å². The Balaban J connectivity index is 2.25. The lowest BCUT2D eigenvalue weighted by Crippen LogP contribution is -2.01. The van der Waals surface area contributed by atoms with Crippen molar-refractivity contribution < 1.29 is 4.74 Å². The number of aromatic nitrogens is 4. The van der Waals surface area contributed by atoms with Gasteiger partial charge in [0.15, 0.2) is 11.5 Å². The monoisotopic (exact) mass is 268 g/mol. The van der Waals surface area contributed by atoms with Crippen molar-refractivity contribution in [2.45, 2.75) is 0 Å². The molecule has 0 saturated heterocycles. The molecule has 100 valence electrons. The number of hydrogen-bond donors (Lipinski definition) is 2. The molecule has 20 heavy (non-hydrogen) atoms. The summed E-state index contributed by atoms with van der Waals surface area (Å²) in [6.07, 6.45) is 4.76. The topological polar surface area (TPSA) is 113 Å². The van der Waals surface area contributed by atoms with E-state index in [9.17, 15) is 0 Å². The van der Waals surface area contributed by atoms with E-state index in [0.717, 1.165) is 0 Å². The van der Waals surface area contributed by atoms with Gasteiger partial charge in [0.2, 0.25) is 0 Å². The second kappa shape index (κ2) is 4.61. The van der Waals surface area contributed by atoms with Crippen molar-refractivity contribution >= 4 is 22.5 Å². The number of nitrogens with two attached hydrogens (primary N) is 2. The first kappa shape index (κ1) is 12.1. The lowest BCUT2D eigenvalue weighted by molar-refractivity contribution is 0.416. The molecule has 3 rings (SSSR count). The maximum atomic E-state index is 6.00. The van der Waals surface area contributed by atoms with Gasteiger partial charge in [-0.2, -0.15) is 0 Å². The molecule has 3 aromatic rings. The lowest BCUT2D eigenvalue weighted by Gasteiger charge is -2.11. The molecule has 0 aliphatic carbocycles. The smallest absolute Gasteiger partial charge is 0.181 e. The molecule has 0 unspecified atom stereocenters. The van der Waals surface area contributed by atoms with E-state index in [-0.39, 0.29) is 0 Å². The van der Waals surface area contributed by atoms with E-state index in [2.05, 4.69) is 19.9 Å². The van der Waals surface area contributed by atoms with E-state index in [1.165, 1.54) is 0 Å². The highest BCUT2D eigenvalue weighted by molar-refractivity contribution is 5.83. The molecule has 0 fully saturated rings. The summed E-state index contributed by atoms with van der Waals surface area (Å²) in [6, 6.07) is 3.32. The number of ether oxygens (including phenoxy) is 1. The normalized spacial score (nSPS) is 10.7. The Bertz CT molecular complexity index is 789. The van der Waals surface area contributed by atoms with Crippen LogP contribution in [0.2, 0.25) is 0 Å². The highest BCUT2D eigenvalue weighted by Gasteiger charge is 2.14. The molecular formula is C13H12N6O. The van der Waals surface area contributed by atoms with E-state index in [0.29, 0.717) is 39.7 Å². The number of benzene rings is 1. The maximum absolute atomic E-state index is 6.00. The Labute approximate surface area is 114 Å². The molecule has 2 heterocycles. The Morgan fingerprint density at radius 3 is 2.65 bits per heavy atom. The van der Waals surface area contributed by atoms with Crippen molar-refractivity contribution in [3.8, 4) is 17.1 Å². The van der Waals surface area contributed by atoms with Gasteiger partial charge in [-0.05, 0) is 6.07 Å². The SMILES string of the molecule is COc1cc(N)cc(N)c1-c1ncc2nccnc2n1. The van der Waals surface area contributed by atoms with Crippen molar-refractivity contribution in [3.63, 3.8) is 0 Å². The van der Waals surface area contributed by atoms with Crippen LogP contribution in [0.1, 0.15) is 0 Å². The average molecular weight is 268 g/mol. The van der Waals surface area contributed by atoms with Crippen LogP contribution in [0.5, 0.6) is 5.75 Å². The third-order valence-corrected chi connectivity index (χ3v) is 2.83. The zero-order valence-corrected chi connectivity index (χ0v) is 10.7. The first-order valence-electron chi connectivity index (χ1n) is 5.86. The highest BCUT2D eigenvalue weighted by Crippen LogP contribution is 2.35. The minimum Gasteiger partial charge on any atom is -0.496 e. The Kier molecular flexibility index (Phi) is 2.79. The fourth-order valence-electron chi connectivity index (χ4n) is 1.95. The second-order valence-corrected chi connectivity index (χ2v) is 4.15. The Morgan fingerprint density at radius 2 is 1.85 bits per heavy atom. The molecule has 0 spiro atoms. The fraction of sp³-hybridized carbons (Fsp3) is 0.0769. The maximum Gasteiger partial charge on any atom is 0.181 e. The molecule has 0 radical (unpaired) electrons. The molecule has 0 amide bonds. The van der Waals surface area contributed by atoms with Gasteiger partial charge in [-0.25, -0.2) is 19.9 Å². The second-order valence-electron chi connectivity index (χ2n) is 4.15. The van der Waals surface area contributed by atoms with Gasteiger partial charge in [0, 0.05) is 29.8 Å². The fourth-order valence-corrected chi connectivity index (χ4v) is 1.95. The van der Waals surface area contributed by atoms with Crippen molar-refractivity contribution in [2.24, 2.45) is 0 Å². The van der Waals surface area contributed by atoms with Crippen molar-refractivity contribution in [2.75, 3.05) is 18.6 Å². The summed E-state index contributed by atoms with van der Waals surface area (Å²) >= 11 is 0. The molecule has 0 aliphatic rings. The Morgan fingerprint density at radius 1 is 1.05 bits per heavy atom. The van der Waals surface area contributed by atoms with Crippen molar-refractivity contribution in [1.82, 2.24) is 19.9 Å². The Hall–Kier alpha value is -2.96. The number of rotatable bonds is 2. The van der Waals surface area contributed by atoms with Crippen LogP contribution in [0.3, 0.4) is 0 Å². The summed E-state index contributed by atoms with van der Waals surface area (Å²) in [4.78, 5) is 16.9. The van der Waals surface area contributed by atoms with Crippen molar-refractivity contribution in [1.29, 1.82) is 0 Å². The summed E-state index contributed by atoms with van der Waals surface area (Å²) in [5.41, 5.74) is 14.4. The number of nitrogens with zero attached hydrogens (tertiary/aromatic N) is 4. The minimum absolute atomic E-state index is 0.423. The summed E-state index contributed by atoms with van der Waals surface area (Å²) in [5, 5.41) is 0. The van der Waals surface area contributed by atoms with E-state index >= 15 is 0 Å². The lowest BCUT2D eigenvalue weighted by atomic mass is 10.1. The standard InChI is InChI=1S/C13H12N6O/c1-20-10-5-7(14)4-8(15)11(10)13-18-6-9-12(19-13)17-3-2-16-9/h2-6H,14-15H2,1H3. The number of methoxy groups -OCH3 is 1. The summed E-state index contributed by atoms with van der Waals surface area (Å²) in [7, 11) is 1.54. The molecule has 0 aliphatic heterocycles. The third-order valence-electron chi connectivity index (χ3n) is 2.83. The molecule has 7 heteroatoms. The molecule has 4 N–H and O–H groups in total. The van der Waals surface area contributed by atoms with Crippen LogP contribution in [-0.4, -0.2) is 27.0 Å². The number of nitrogen functional groups attached to an aromatic ring is 2. The van der Waals surface area contributed by atoms with Gasteiger partial charge in [0.1, 0.15) is 11.3 Å². The van der Waals surface area contributed by atoms with Crippen LogP contribution in [0, 0.1) is 0 Å². The molecule has 0 bridgehead atoms. The molecule has 0 saturated carbocycles. The minimum atomic E-state index is 0.423. The predicted octanol–water partition coefficient (Wildman–Crippen LogP) is 1.26. The number of fused-ring (bicyclic) bond motifs is 1. The van der Waals surface area contributed by atoms with Gasteiger partial charge >= 0.3 is 0 Å². The van der Waals surface area contributed by atoms with Gasteiger partial charge in [0.25, 0.3) is 0 Å². The largest absolute Gasteiger partial charge is 0.496 e.